The minimum absolute atomic E-state index is 0.0555. The third-order valence-corrected chi connectivity index (χ3v) is 4.81. The van der Waals surface area contributed by atoms with Crippen LogP contribution in [0.5, 0.6) is 17.4 Å². The predicted octanol–water partition coefficient (Wildman–Crippen LogP) is 3.09. The number of para-hydroxylation sites is 1. The van der Waals surface area contributed by atoms with Crippen LogP contribution in [0.4, 0.5) is 0 Å². The summed E-state index contributed by atoms with van der Waals surface area (Å²) in [6, 6.07) is 10.8. The molecule has 0 bridgehead atoms. The van der Waals surface area contributed by atoms with Crippen LogP contribution in [-0.4, -0.2) is 37.3 Å². The van der Waals surface area contributed by atoms with Gasteiger partial charge in [-0.05, 0) is 43.9 Å². The van der Waals surface area contributed by atoms with E-state index in [-0.39, 0.29) is 18.1 Å². The number of aromatic nitrogens is 1. The van der Waals surface area contributed by atoms with Crippen LogP contribution >= 0.6 is 0 Å². The van der Waals surface area contributed by atoms with E-state index in [0.717, 1.165) is 25.7 Å². The lowest BCUT2D eigenvalue weighted by atomic mass is 9.92. The number of benzene rings is 1. The van der Waals surface area contributed by atoms with Crippen LogP contribution < -0.4 is 19.5 Å². The van der Waals surface area contributed by atoms with Crippen molar-refractivity contribution >= 4 is 5.91 Å². The summed E-state index contributed by atoms with van der Waals surface area (Å²) < 4.78 is 16.5. The number of methoxy groups -OCH3 is 2. The molecule has 28 heavy (non-hydrogen) atoms. The van der Waals surface area contributed by atoms with Crippen LogP contribution in [0.2, 0.25) is 0 Å². The Bertz CT molecular complexity index is 853. The number of nitrogens with one attached hydrogen (secondary N) is 1. The van der Waals surface area contributed by atoms with Crippen molar-refractivity contribution in [2.45, 2.75) is 37.8 Å². The van der Waals surface area contributed by atoms with Crippen LogP contribution in [0.3, 0.4) is 0 Å². The van der Waals surface area contributed by atoms with E-state index >= 15 is 0 Å². The van der Waals surface area contributed by atoms with E-state index in [4.69, 9.17) is 19.5 Å². The van der Waals surface area contributed by atoms with E-state index in [1.54, 1.807) is 37.4 Å². The molecule has 0 atom stereocenters. The van der Waals surface area contributed by atoms with Gasteiger partial charge in [-0.25, -0.2) is 4.98 Å². The van der Waals surface area contributed by atoms with Crippen molar-refractivity contribution in [3.63, 3.8) is 0 Å². The molecular weight excluding hydrogens is 358 g/mol. The summed E-state index contributed by atoms with van der Waals surface area (Å²) in [5, 5.41) is 11.9. The van der Waals surface area contributed by atoms with Crippen LogP contribution in [0.15, 0.2) is 36.5 Å². The number of nitrogens with zero attached hydrogens (tertiary/aromatic N) is 2. The van der Waals surface area contributed by atoms with Crippen molar-refractivity contribution in [2.75, 3.05) is 14.2 Å². The highest BCUT2D eigenvalue weighted by Crippen LogP contribution is 2.31. The van der Waals surface area contributed by atoms with E-state index in [0.29, 0.717) is 28.5 Å². The predicted molar refractivity (Wildman–Crippen MR) is 103 cm³/mol. The van der Waals surface area contributed by atoms with E-state index in [9.17, 15) is 4.79 Å². The number of carbonyl (C=O) groups excluding carboxylic acids is 1. The van der Waals surface area contributed by atoms with Gasteiger partial charge < -0.3 is 19.5 Å². The molecule has 2 aromatic rings. The fourth-order valence-electron chi connectivity index (χ4n) is 3.34. The number of nitriles is 1. The average Bonchev–Trinajstić information content (AvgIpc) is 2.74. The molecule has 7 heteroatoms. The van der Waals surface area contributed by atoms with Crippen LogP contribution in [0, 0.1) is 11.3 Å². The highest BCUT2D eigenvalue weighted by molar-refractivity contribution is 5.98. The first-order chi connectivity index (χ1) is 13.6. The first-order valence-corrected chi connectivity index (χ1v) is 9.19. The van der Waals surface area contributed by atoms with Crippen molar-refractivity contribution in [1.82, 2.24) is 10.3 Å². The van der Waals surface area contributed by atoms with Crippen molar-refractivity contribution in [2.24, 2.45) is 0 Å². The molecule has 1 aliphatic rings. The van der Waals surface area contributed by atoms with Gasteiger partial charge in [0.15, 0.2) is 11.5 Å². The quantitative estimate of drug-likeness (QED) is 0.826. The zero-order valence-electron chi connectivity index (χ0n) is 16.0. The fourth-order valence-corrected chi connectivity index (χ4v) is 3.34. The summed E-state index contributed by atoms with van der Waals surface area (Å²) in [4.78, 5) is 16.8. The van der Waals surface area contributed by atoms with E-state index < -0.39 is 0 Å². The van der Waals surface area contributed by atoms with Crippen molar-refractivity contribution in [1.29, 1.82) is 5.26 Å². The molecule has 0 unspecified atom stereocenters. The Morgan fingerprint density at radius 1 is 1.14 bits per heavy atom. The van der Waals surface area contributed by atoms with Gasteiger partial charge in [-0.15, -0.1) is 0 Å². The second-order valence-corrected chi connectivity index (χ2v) is 6.60. The molecule has 1 amide bonds. The average molecular weight is 381 g/mol. The number of ether oxygens (including phenoxy) is 3. The molecule has 1 aromatic carbocycles. The van der Waals surface area contributed by atoms with Gasteiger partial charge in [0.1, 0.15) is 12.2 Å². The molecule has 3 rings (SSSR count). The maximum absolute atomic E-state index is 12.7. The lowest BCUT2D eigenvalue weighted by Gasteiger charge is -2.29. The zero-order valence-corrected chi connectivity index (χ0v) is 16.0. The first kappa shape index (κ1) is 19.5. The molecule has 7 nitrogen and oxygen atoms in total. The van der Waals surface area contributed by atoms with E-state index in [2.05, 4.69) is 10.3 Å². The molecule has 1 heterocycles. The van der Waals surface area contributed by atoms with Gasteiger partial charge in [0.05, 0.1) is 25.3 Å². The molecule has 1 aliphatic carbocycles. The zero-order chi connectivity index (χ0) is 19.9. The Labute approximate surface area is 164 Å². The van der Waals surface area contributed by atoms with Crippen molar-refractivity contribution in [3.05, 3.63) is 47.7 Å². The van der Waals surface area contributed by atoms with Crippen LogP contribution in [0.1, 0.15) is 41.6 Å². The maximum atomic E-state index is 12.7. The smallest absolute Gasteiger partial charge is 0.255 e. The first-order valence-electron chi connectivity index (χ1n) is 9.19. The molecular formula is C21H23N3O4. The lowest BCUT2D eigenvalue weighted by Crippen LogP contribution is -2.39. The summed E-state index contributed by atoms with van der Waals surface area (Å²) in [6.45, 7) is 0. The van der Waals surface area contributed by atoms with E-state index in [1.807, 2.05) is 6.07 Å². The maximum Gasteiger partial charge on any atom is 0.255 e. The highest BCUT2D eigenvalue weighted by atomic mass is 16.5. The minimum Gasteiger partial charge on any atom is -0.493 e. The number of carbonyl (C=O) groups is 1. The monoisotopic (exact) mass is 381 g/mol. The van der Waals surface area contributed by atoms with Crippen LogP contribution in [0.25, 0.3) is 0 Å². The number of hydrogen-bond acceptors (Lipinski definition) is 6. The van der Waals surface area contributed by atoms with Crippen molar-refractivity contribution < 1.29 is 19.0 Å². The molecule has 1 aromatic heterocycles. The Morgan fingerprint density at radius 3 is 2.54 bits per heavy atom. The van der Waals surface area contributed by atoms with Gasteiger partial charge in [-0.3, -0.25) is 4.79 Å². The molecule has 1 saturated carbocycles. The molecule has 0 radical (unpaired) electrons. The second kappa shape index (κ2) is 9.09. The lowest BCUT2D eigenvalue weighted by molar-refractivity contribution is 0.0886. The Morgan fingerprint density at radius 2 is 1.93 bits per heavy atom. The van der Waals surface area contributed by atoms with Gasteiger partial charge in [-0.1, -0.05) is 6.07 Å². The van der Waals surface area contributed by atoms with Crippen LogP contribution in [-0.2, 0) is 0 Å². The van der Waals surface area contributed by atoms with Gasteiger partial charge >= 0.3 is 0 Å². The molecule has 1 fully saturated rings. The molecule has 0 saturated heterocycles. The summed E-state index contributed by atoms with van der Waals surface area (Å²) in [5.74, 6) is 1.31. The van der Waals surface area contributed by atoms with Crippen molar-refractivity contribution in [3.8, 4) is 23.4 Å². The summed E-state index contributed by atoms with van der Waals surface area (Å²) in [7, 11) is 3.07. The van der Waals surface area contributed by atoms with Gasteiger partial charge in [0.2, 0.25) is 5.88 Å². The van der Waals surface area contributed by atoms with Gasteiger partial charge in [0, 0.05) is 18.3 Å². The third kappa shape index (κ3) is 4.52. The largest absolute Gasteiger partial charge is 0.493 e. The highest BCUT2D eigenvalue weighted by Gasteiger charge is 2.25. The number of pyridine rings is 1. The Kier molecular flexibility index (Phi) is 6.33. The Balaban J connectivity index is 1.54. The molecule has 1 N–H and O–H groups in total. The topological polar surface area (TPSA) is 93.5 Å². The number of rotatable bonds is 6. The Hall–Kier alpha value is -3.27. The van der Waals surface area contributed by atoms with Gasteiger partial charge in [-0.2, -0.15) is 5.26 Å². The third-order valence-electron chi connectivity index (χ3n) is 4.81. The molecule has 0 aliphatic heterocycles. The standard InChI is InChI=1S/C21H23N3O4/c1-26-18-5-3-4-17(20(18)27-2)21(25)24-15-7-9-16(10-8-15)28-19-11-6-14(12-22)13-23-19/h3-6,11,13,15-16H,7-10H2,1-2H3,(H,24,25). The molecule has 0 spiro atoms. The fraction of sp³-hybridized carbons (Fsp3) is 0.381. The van der Waals surface area contributed by atoms with Gasteiger partial charge in [0.25, 0.3) is 5.91 Å². The second-order valence-electron chi connectivity index (χ2n) is 6.60. The molecule has 146 valence electrons. The van der Waals surface area contributed by atoms with E-state index in [1.165, 1.54) is 13.3 Å². The number of amides is 1. The minimum atomic E-state index is -0.172. The summed E-state index contributed by atoms with van der Waals surface area (Å²) >= 11 is 0. The summed E-state index contributed by atoms with van der Waals surface area (Å²) in [5.41, 5.74) is 0.966. The number of hydrogen-bond donors (Lipinski definition) is 1. The normalized spacial score (nSPS) is 18.6. The SMILES string of the molecule is COc1cccc(C(=O)NC2CCC(Oc3ccc(C#N)cn3)CC2)c1OC. The summed E-state index contributed by atoms with van der Waals surface area (Å²) in [6.07, 6.45) is 4.84.